The third-order valence-electron chi connectivity index (χ3n) is 2.69. The van der Waals surface area contributed by atoms with Crippen LogP contribution in [0.15, 0.2) is 39.9 Å². The normalized spacial score (nSPS) is 10.7. The molecule has 118 valence electrons. The molecule has 1 aromatic carbocycles. The highest BCUT2D eigenvalue weighted by molar-refractivity contribution is 5.92. The number of furan rings is 1. The molecule has 2 rings (SSSR count). The van der Waals surface area contributed by atoms with Crippen molar-refractivity contribution in [1.29, 1.82) is 0 Å². The highest BCUT2D eigenvalue weighted by Gasteiger charge is 2.15. The van der Waals surface area contributed by atoms with E-state index < -0.39 is 27.1 Å². The summed E-state index contributed by atoms with van der Waals surface area (Å²) in [6.45, 7) is 1.67. The van der Waals surface area contributed by atoms with Crippen LogP contribution in [0.4, 0.5) is 11.4 Å². The van der Waals surface area contributed by atoms with E-state index in [1.54, 1.807) is 13.0 Å². The van der Waals surface area contributed by atoms with E-state index in [0.29, 0.717) is 5.76 Å². The van der Waals surface area contributed by atoms with Crippen LogP contribution in [0, 0.1) is 27.2 Å². The summed E-state index contributed by atoms with van der Waals surface area (Å²) in [7, 11) is 0. The molecule has 0 fully saturated rings. The van der Waals surface area contributed by atoms with Crippen LogP contribution in [0.3, 0.4) is 0 Å². The number of hydrogen-bond acceptors (Lipinski definition) is 7. The standard InChI is InChI=1S/C13H10N4O6/c1-8-2-3-12(23-8)13(18)15-14-7-9-4-10(16(19)20)6-11(5-9)17(21)22/h2-7H,1H3,(H,15,18)/b14-7-. The topological polar surface area (TPSA) is 141 Å². The average Bonchev–Trinajstić information content (AvgIpc) is 2.93. The van der Waals surface area contributed by atoms with E-state index in [4.69, 9.17) is 4.42 Å². The van der Waals surface area contributed by atoms with Crippen LogP contribution in [0.1, 0.15) is 21.9 Å². The summed E-state index contributed by atoms with van der Waals surface area (Å²) < 4.78 is 5.08. The minimum Gasteiger partial charge on any atom is -0.456 e. The Balaban J connectivity index is 2.17. The van der Waals surface area contributed by atoms with Gasteiger partial charge in [0.15, 0.2) is 5.76 Å². The van der Waals surface area contributed by atoms with E-state index in [0.717, 1.165) is 24.4 Å². The van der Waals surface area contributed by atoms with E-state index in [2.05, 4.69) is 10.5 Å². The second-order valence-corrected chi connectivity index (χ2v) is 4.41. The maximum absolute atomic E-state index is 11.7. The summed E-state index contributed by atoms with van der Waals surface area (Å²) in [5.41, 5.74) is 1.35. The molecule has 0 aliphatic heterocycles. The lowest BCUT2D eigenvalue weighted by Gasteiger charge is -1.97. The molecule has 0 bridgehead atoms. The van der Waals surface area contributed by atoms with Crippen LogP contribution in [-0.4, -0.2) is 22.0 Å². The minimum absolute atomic E-state index is 0.0460. The van der Waals surface area contributed by atoms with Crippen LogP contribution < -0.4 is 5.43 Å². The fourth-order valence-corrected chi connectivity index (χ4v) is 1.68. The fourth-order valence-electron chi connectivity index (χ4n) is 1.68. The van der Waals surface area contributed by atoms with Gasteiger partial charge in [-0.1, -0.05) is 0 Å². The number of rotatable bonds is 5. The molecule has 0 unspecified atom stereocenters. The number of amides is 1. The molecule has 1 heterocycles. The summed E-state index contributed by atoms with van der Waals surface area (Å²) >= 11 is 0. The van der Waals surface area contributed by atoms with Gasteiger partial charge in [-0.2, -0.15) is 5.10 Å². The van der Waals surface area contributed by atoms with Gasteiger partial charge in [-0.3, -0.25) is 25.0 Å². The number of nitro groups is 2. The van der Waals surface area contributed by atoms with E-state index in [1.807, 2.05) is 0 Å². The van der Waals surface area contributed by atoms with Gasteiger partial charge in [0.25, 0.3) is 11.4 Å². The van der Waals surface area contributed by atoms with Crippen LogP contribution in [-0.2, 0) is 0 Å². The molecule has 2 aromatic rings. The number of nitrogens with zero attached hydrogens (tertiary/aromatic N) is 3. The van der Waals surface area contributed by atoms with Crippen molar-refractivity contribution in [3.8, 4) is 0 Å². The van der Waals surface area contributed by atoms with E-state index in [1.165, 1.54) is 6.07 Å². The van der Waals surface area contributed by atoms with Crippen molar-refractivity contribution in [3.05, 3.63) is 67.6 Å². The summed E-state index contributed by atoms with van der Waals surface area (Å²) in [6, 6.07) is 6.09. The summed E-state index contributed by atoms with van der Waals surface area (Å²) in [6.07, 6.45) is 1.06. The number of nitrogens with one attached hydrogen (secondary N) is 1. The SMILES string of the molecule is Cc1ccc(C(=O)N/N=C\c2cc([N+](=O)[O-])cc([N+](=O)[O-])c2)o1. The van der Waals surface area contributed by atoms with Gasteiger partial charge in [0, 0.05) is 17.7 Å². The highest BCUT2D eigenvalue weighted by atomic mass is 16.6. The predicted molar refractivity (Wildman–Crippen MR) is 78.3 cm³/mol. The highest BCUT2D eigenvalue weighted by Crippen LogP contribution is 2.21. The number of hydrazone groups is 1. The molecule has 0 saturated heterocycles. The molecule has 0 spiro atoms. The molecular formula is C13H10N4O6. The maximum atomic E-state index is 11.7. The van der Waals surface area contributed by atoms with Crippen molar-refractivity contribution in [3.63, 3.8) is 0 Å². The molecule has 0 saturated carbocycles. The first kappa shape index (κ1) is 15.8. The summed E-state index contributed by atoms with van der Waals surface area (Å²) in [4.78, 5) is 31.7. The number of nitro benzene ring substituents is 2. The Bertz CT molecular complexity index is 778. The van der Waals surface area contributed by atoms with E-state index in [-0.39, 0.29) is 11.3 Å². The second-order valence-electron chi connectivity index (χ2n) is 4.41. The number of aryl methyl sites for hydroxylation is 1. The Kier molecular flexibility index (Phi) is 4.45. The Labute approximate surface area is 128 Å². The van der Waals surface area contributed by atoms with Gasteiger partial charge in [0.2, 0.25) is 0 Å². The predicted octanol–water partition coefficient (Wildman–Crippen LogP) is 2.17. The molecule has 10 heteroatoms. The van der Waals surface area contributed by atoms with Gasteiger partial charge in [0.05, 0.1) is 22.1 Å². The number of non-ortho nitro benzene ring substituents is 2. The zero-order valence-electron chi connectivity index (χ0n) is 11.8. The molecule has 0 radical (unpaired) electrons. The van der Waals surface area contributed by atoms with Crippen molar-refractivity contribution < 1.29 is 19.1 Å². The third-order valence-corrected chi connectivity index (χ3v) is 2.69. The monoisotopic (exact) mass is 318 g/mol. The first-order valence-corrected chi connectivity index (χ1v) is 6.20. The molecule has 0 atom stereocenters. The largest absolute Gasteiger partial charge is 0.456 e. The quantitative estimate of drug-likeness (QED) is 0.508. The van der Waals surface area contributed by atoms with Crippen LogP contribution in [0.2, 0.25) is 0 Å². The van der Waals surface area contributed by atoms with Gasteiger partial charge in [0.1, 0.15) is 5.76 Å². The van der Waals surface area contributed by atoms with Crippen molar-refractivity contribution in [1.82, 2.24) is 5.43 Å². The van der Waals surface area contributed by atoms with Gasteiger partial charge in [-0.15, -0.1) is 0 Å². The minimum atomic E-state index is -0.755. The average molecular weight is 318 g/mol. The molecule has 23 heavy (non-hydrogen) atoms. The van der Waals surface area contributed by atoms with Gasteiger partial charge in [-0.05, 0) is 19.1 Å². The maximum Gasteiger partial charge on any atom is 0.307 e. The number of carbonyl (C=O) groups is 1. The number of carbonyl (C=O) groups excluding carboxylic acids is 1. The van der Waals surface area contributed by atoms with Crippen molar-refractivity contribution in [2.24, 2.45) is 5.10 Å². The van der Waals surface area contributed by atoms with Crippen LogP contribution in [0.25, 0.3) is 0 Å². The molecule has 10 nitrogen and oxygen atoms in total. The molecule has 0 aliphatic rings. The zero-order valence-corrected chi connectivity index (χ0v) is 11.8. The molecule has 1 aromatic heterocycles. The number of benzene rings is 1. The smallest absolute Gasteiger partial charge is 0.307 e. The summed E-state index contributed by atoms with van der Waals surface area (Å²) in [5.74, 6) is -0.0209. The summed E-state index contributed by atoms with van der Waals surface area (Å²) in [5, 5.41) is 25.1. The Morgan fingerprint density at radius 2 is 1.78 bits per heavy atom. The first-order valence-electron chi connectivity index (χ1n) is 6.20. The van der Waals surface area contributed by atoms with Gasteiger partial charge < -0.3 is 4.42 Å². The Morgan fingerprint density at radius 3 is 2.26 bits per heavy atom. The zero-order chi connectivity index (χ0) is 17.0. The molecular weight excluding hydrogens is 308 g/mol. The van der Waals surface area contributed by atoms with Gasteiger partial charge >= 0.3 is 5.91 Å². The number of hydrogen-bond donors (Lipinski definition) is 1. The molecule has 1 amide bonds. The third kappa shape index (κ3) is 3.97. The van der Waals surface area contributed by atoms with Crippen molar-refractivity contribution in [2.45, 2.75) is 6.92 Å². The lowest BCUT2D eigenvalue weighted by Crippen LogP contribution is -2.16. The van der Waals surface area contributed by atoms with Crippen molar-refractivity contribution >= 4 is 23.5 Å². The van der Waals surface area contributed by atoms with Gasteiger partial charge in [-0.25, -0.2) is 5.43 Å². The first-order chi connectivity index (χ1) is 10.9. The van der Waals surface area contributed by atoms with E-state index in [9.17, 15) is 25.0 Å². The molecule has 0 aliphatic carbocycles. The molecule has 1 N–H and O–H groups in total. The van der Waals surface area contributed by atoms with E-state index >= 15 is 0 Å². The Morgan fingerprint density at radius 1 is 1.17 bits per heavy atom. The second kappa shape index (κ2) is 6.47. The van der Waals surface area contributed by atoms with Crippen molar-refractivity contribution in [2.75, 3.05) is 0 Å². The lowest BCUT2D eigenvalue weighted by molar-refractivity contribution is -0.394. The Hall–Kier alpha value is -3.56. The fraction of sp³-hybridized carbons (Fsp3) is 0.0769. The van der Waals surface area contributed by atoms with Crippen LogP contribution >= 0.6 is 0 Å². The van der Waals surface area contributed by atoms with Crippen LogP contribution in [0.5, 0.6) is 0 Å². The lowest BCUT2D eigenvalue weighted by atomic mass is 10.2.